The molecule has 2 rings (SSSR count). The van der Waals surface area contributed by atoms with Crippen molar-refractivity contribution in [2.24, 2.45) is 0 Å². The summed E-state index contributed by atoms with van der Waals surface area (Å²) < 4.78 is 5.27. The van der Waals surface area contributed by atoms with Crippen LogP contribution in [0.3, 0.4) is 0 Å². The van der Waals surface area contributed by atoms with Crippen LogP contribution in [0.4, 0.5) is 0 Å². The van der Waals surface area contributed by atoms with E-state index in [2.05, 4.69) is 4.98 Å². The van der Waals surface area contributed by atoms with Crippen LogP contribution < -0.4 is 0 Å². The van der Waals surface area contributed by atoms with Gasteiger partial charge in [-0.1, -0.05) is 6.07 Å². The number of carbonyl (C=O) groups is 1. The summed E-state index contributed by atoms with van der Waals surface area (Å²) >= 11 is 0. The third-order valence-corrected chi connectivity index (χ3v) is 2.50. The molecule has 0 bridgehead atoms. The molecule has 0 aliphatic heterocycles. The molecule has 4 heteroatoms. The molecule has 4 nitrogen and oxygen atoms in total. The molecule has 2 aromatic rings. The lowest BCUT2D eigenvalue weighted by molar-refractivity contribution is -0.153. The molecule has 0 aliphatic rings. The average Bonchev–Trinajstić information content (AvgIpc) is 2.25. The number of carbonyl (C=O) groups excluding carboxylic acids is 1. The van der Waals surface area contributed by atoms with Crippen LogP contribution >= 0.6 is 0 Å². The summed E-state index contributed by atoms with van der Waals surface area (Å²) in [5, 5.41) is 10.2. The first-order valence-electron chi connectivity index (χ1n) is 6.13. The molecular weight excluding hydrogens is 242 g/mol. The average molecular weight is 259 g/mol. The smallest absolute Gasteiger partial charge is 0.310 e. The maximum Gasteiger partial charge on any atom is 0.310 e. The fraction of sp³-hybridized carbons (Fsp3) is 0.333. The molecule has 19 heavy (non-hydrogen) atoms. The Hall–Kier alpha value is -2.10. The number of nitrogens with zero attached hydrogens (tertiary/aromatic N) is 1. The third-order valence-electron chi connectivity index (χ3n) is 2.50. The molecule has 0 atom stereocenters. The highest BCUT2D eigenvalue weighted by Gasteiger charge is 2.16. The molecule has 0 fully saturated rings. The van der Waals surface area contributed by atoms with Crippen LogP contribution in [0.15, 0.2) is 30.5 Å². The number of esters is 1. The minimum atomic E-state index is -0.478. The highest BCUT2D eigenvalue weighted by atomic mass is 16.6. The second kappa shape index (κ2) is 4.88. The standard InChI is InChI=1S/C15H17NO3/c1-15(2,3)19-14(18)7-10-4-5-13-11(6-10)8-12(17)9-16-13/h4-6,8-9,17H,7H2,1-3H3. The number of benzene rings is 1. The van der Waals surface area contributed by atoms with E-state index in [1.807, 2.05) is 39.0 Å². The van der Waals surface area contributed by atoms with E-state index in [1.165, 1.54) is 6.20 Å². The maximum atomic E-state index is 11.7. The number of aromatic hydroxyl groups is 1. The van der Waals surface area contributed by atoms with Crippen LogP contribution in [0.5, 0.6) is 5.75 Å². The van der Waals surface area contributed by atoms with Crippen molar-refractivity contribution in [3.8, 4) is 5.75 Å². The van der Waals surface area contributed by atoms with E-state index in [4.69, 9.17) is 4.74 Å². The molecule has 1 aromatic heterocycles. The second-order valence-electron chi connectivity index (χ2n) is 5.48. The van der Waals surface area contributed by atoms with Crippen LogP contribution in [0.1, 0.15) is 26.3 Å². The Morgan fingerprint density at radius 1 is 1.32 bits per heavy atom. The summed E-state index contributed by atoms with van der Waals surface area (Å²) in [6.07, 6.45) is 1.61. The minimum Gasteiger partial charge on any atom is -0.506 e. The van der Waals surface area contributed by atoms with Crippen molar-refractivity contribution in [2.75, 3.05) is 0 Å². The normalized spacial score (nSPS) is 11.5. The number of hydrogen-bond donors (Lipinski definition) is 1. The number of rotatable bonds is 2. The number of hydrogen-bond acceptors (Lipinski definition) is 4. The molecule has 0 spiro atoms. The van der Waals surface area contributed by atoms with Gasteiger partial charge < -0.3 is 9.84 Å². The molecule has 0 aliphatic carbocycles. The van der Waals surface area contributed by atoms with E-state index >= 15 is 0 Å². The summed E-state index contributed by atoms with van der Waals surface area (Å²) in [5.41, 5.74) is 1.15. The van der Waals surface area contributed by atoms with Gasteiger partial charge in [0.15, 0.2) is 0 Å². The summed E-state index contributed by atoms with van der Waals surface area (Å²) in [5.74, 6) is -0.151. The first kappa shape index (κ1) is 13.3. The monoisotopic (exact) mass is 259 g/mol. The van der Waals surface area contributed by atoms with Gasteiger partial charge in [-0.2, -0.15) is 0 Å². The zero-order valence-corrected chi connectivity index (χ0v) is 11.3. The molecule has 0 unspecified atom stereocenters. The predicted octanol–water partition coefficient (Wildman–Crippen LogP) is 2.82. The fourth-order valence-corrected chi connectivity index (χ4v) is 1.82. The SMILES string of the molecule is CC(C)(C)OC(=O)Cc1ccc2ncc(O)cc2c1. The maximum absolute atomic E-state index is 11.7. The highest BCUT2D eigenvalue weighted by molar-refractivity contribution is 5.82. The van der Waals surface area contributed by atoms with Gasteiger partial charge in [-0.3, -0.25) is 9.78 Å². The van der Waals surface area contributed by atoms with E-state index in [1.54, 1.807) is 6.07 Å². The van der Waals surface area contributed by atoms with E-state index in [0.717, 1.165) is 16.5 Å². The molecule has 1 heterocycles. The number of ether oxygens (including phenoxy) is 1. The number of pyridine rings is 1. The molecule has 0 radical (unpaired) electrons. The van der Waals surface area contributed by atoms with Crippen molar-refractivity contribution in [1.82, 2.24) is 4.98 Å². The molecule has 1 N–H and O–H groups in total. The zero-order chi connectivity index (χ0) is 14.0. The van der Waals surface area contributed by atoms with E-state index in [9.17, 15) is 9.90 Å². The Kier molecular flexibility index (Phi) is 3.42. The van der Waals surface area contributed by atoms with E-state index in [-0.39, 0.29) is 18.1 Å². The first-order valence-corrected chi connectivity index (χ1v) is 6.13. The van der Waals surface area contributed by atoms with Crippen LogP contribution in [-0.4, -0.2) is 21.7 Å². The van der Waals surface area contributed by atoms with Crippen LogP contribution in [-0.2, 0) is 16.0 Å². The largest absolute Gasteiger partial charge is 0.506 e. The Morgan fingerprint density at radius 2 is 2.05 bits per heavy atom. The van der Waals surface area contributed by atoms with Gasteiger partial charge in [0, 0.05) is 5.39 Å². The van der Waals surface area contributed by atoms with Crippen molar-refractivity contribution >= 4 is 16.9 Å². The molecule has 100 valence electrons. The second-order valence-corrected chi connectivity index (χ2v) is 5.48. The summed E-state index contributed by atoms with van der Waals surface area (Å²) in [6, 6.07) is 7.14. The first-order chi connectivity index (χ1) is 8.83. The lowest BCUT2D eigenvalue weighted by atomic mass is 10.1. The van der Waals surface area contributed by atoms with E-state index in [0.29, 0.717) is 0 Å². The van der Waals surface area contributed by atoms with Gasteiger partial charge in [-0.05, 0) is 44.5 Å². The molecule has 0 saturated heterocycles. The van der Waals surface area contributed by atoms with Gasteiger partial charge in [-0.25, -0.2) is 0 Å². The lowest BCUT2D eigenvalue weighted by Crippen LogP contribution is -2.24. The van der Waals surface area contributed by atoms with Gasteiger partial charge in [0.25, 0.3) is 0 Å². The molecule has 1 aromatic carbocycles. The number of aromatic nitrogens is 1. The van der Waals surface area contributed by atoms with Gasteiger partial charge in [0.05, 0.1) is 18.1 Å². The fourth-order valence-electron chi connectivity index (χ4n) is 1.82. The van der Waals surface area contributed by atoms with Gasteiger partial charge >= 0.3 is 5.97 Å². The van der Waals surface area contributed by atoms with Crippen molar-refractivity contribution in [3.63, 3.8) is 0 Å². The third kappa shape index (κ3) is 3.68. The topological polar surface area (TPSA) is 59.4 Å². The minimum absolute atomic E-state index is 0.113. The zero-order valence-electron chi connectivity index (χ0n) is 11.3. The number of fused-ring (bicyclic) bond motifs is 1. The van der Waals surface area contributed by atoms with Gasteiger partial charge in [0.2, 0.25) is 0 Å². The Bertz CT molecular complexity index is 614. The Balaban J connectivity index is 2.19. The molecule has 0 saturated carbocycles. The Labute approximate surface area is 112 Å². The van der Waals surface area contributed by atoms with Crippen LogP contribution in [0.2, 0.25) is 0 Å². The lowest BCUT2D eigenvalue weighted by Gasteiger charge is -2.19. The predicted molar refractivity (Wildman–Crippen MR) is 73.0 cm³/mol. The van der Waals surface area contributed by atoms with Crippen molar-refractivity contribution < 1.29 is 14.6 Å². The quantitative estimate of drug-likeness (QED) is 0.842. The van der Waals surface area contributed by atoms with Crippen LogP contribution in [0.25, 0.3) is 10.9 Å². The van der Waals surface area contributed by atoms with Crippen LogP contribution in [0, 0.1) is 0 Å². The van der Waals surface area contributed by atoms with Gasteiger partial charge in [0.1, 0.15) is 11.4 Å². The highest BCUT2D eigenvalue weighted by Crippen LogP contribution is 2.19. The van der Waals surface area contributed by atoms with Crippen molar-refractivity contribution in [3.05, 3.63) is 36.0 Å². The Morgan fingerprint density at radius 3 is 2.74 bits per heavy atom. The summed E-state index contributed by atoms with van der Waals surface area (Å²) in [4.78, 5) is 15.8. The molecular formula is C15H17NO3. The van der Waals surface area contributed by atoms with Crippen molar-refractivity contribution in [1.29, 1.82) is 0 Å². The molecule has 0 amide bonds. The van der Waals surface area contributed by atoms with Crippen molar-refractivity contribution in [2.45, 2.75) is 32.8 Å². The van der Waals surface area contributed by atoms with E-state index < -0.39 is 5.60 Å². The summed E-state index contributed by atoms with van der Waals surface area (Å²) in [6.45, 7) is 5.52. The van der Waals surface area contributed by atoms with Gasteiger partial charge in [-0.15, -0.1) is 0 Å². The summed E-state index contributed by atoms with van der Waals surface area (Å²) in [7, 11) is 0.